The number of unbranched alkanes of at least 4 members (excludes halogenated alkanes) is 13. The van der Waals surface area contributed by atoms with Crippen molar-refractivity contribution >= 4 is 0 Å². The zero-order chi connectivity index (χ0) is 20.0. The summed E-state index contributed by atoms with van der Waals surface area (Å²) >= 11 is 0. The van der Waals surface area contributed by atoms with Gasteiger partial charge in [0.15, 0.2) is 0 Å². The summed E-state index contributed by atoms with van der Waals surface area (Å²) in [5.74, 6) is 0. The van der Waals surface area contributed by atoms with Gasteiger partial charge in [-0.15, -0.1) is 0 Å². The van der Waals surface area contributed by atoms with E-state index < -0.39 is 0 Å². The molecule has 0 aromatic carbocycles. The van der Waals surface area contributed by atoms with Crippen molar-refractivity contribution in [1.29, 1.82) is 0 Å². The molecule has 1 nitrogen and oxygen atoms in total. The zero-order valence-electron chi connectivity index (χ0n) is 19.3. The number of allylic oxidation sites excluding steroid dienone is 3. The Morgan fingerprint density at radius 2 is 1.11 bits per heavy atom. The van der Waals surface area contributed by atoms with Crippen molar-refractivity contribution in [3.63, 3.8) is 0 Å². The van der Waals surface area contributed by atoms with Crippen LogP contribution in [-0.2, 0) is 4.74 Å². The standard InChI is InChI=1S/C26H50O/c1-5-6-7-8-9-10-11-12-13-14-15-16-17-18-23-27-24-22-26(4)21-19-20-25(2)3/h20,22H,5-19,21,23-24H2,1-4H3/b26-22+. The minimum Gasteiger partial charge on any atom is -0.377 e. The highest BCUT2D eigenvalue weighted by Crippen LogP contribution is 2.13. The third-order valence-electron chi connectivity index (χ3n) is 5.28. The van der Waals surface area contributed by atoms with Gasteiger partial charge in [-0.1, -0.05) is 114 Å². The first-order valence-corrected chi connectivity index (χ1v) is 12.0. The van der Waals surface area contributed by atoms with Crippen LogP contribution in [0.15, 0.2) is 23.3 Å². The lowest BCUT2D eigenvalue weighted by Crippen LogP contribution is -1.95. The van der Waals surface area contributed by atoms with Crippen LogP contribution in [0.25, 0.3) is 0 Å². The van der Waals surface area contributed by atoms with Crippen LogP contribution in [0, 0.1) is 0 Å². The summed E-state index contributed by atoms with van der Waals surface area (Å²) in [6, 6.07) is 0. The van der Waals surface area contributed by atoms with Crippen LogP contribution in [0.3, 0.4) is 0 Å². The Hall–Kier alpha value is -0.560. The van der Waals surface area contributed by atoms with Crippen molar-refractivity contribution in [3.05, 3.63) is 23.3 Å². The Morgan fingerprint density at radius 1 is 0.630 bits per heavy atom. The molecule has 0 aliphatic rings. The van der Waals surface area contributed by atoms with Crippen molar-refractivity contribution in [2.75, 3.05) is 13.2 Å². The maximum Gasteiger partial charge on any atom is 0.0649 e. The Morgan fingerprint density at radius 3 is 1.59 bits per heavy atom. The molecule has 0 aromatic rings. The van der Waals surface area contributed by atoms with E-state index in [1.807, 2.05) is 0 Å². The van der Waals surface area contributed by atoms with Gasteiger partial charge in [-0.25, -0.2) is 0 Å². The summed E-state index contributed by atoms with van der Waals surface area (Å²) in [7, 11) is 0. The highest BCUT2D eigenvalue weighted by Gasteiger charge is 1.95. The van der Waals surface area contributed by atoms with E-state index in [0.717, 1.165) is 26.1 Å². The average Bonchev–Trinajstić information content (AvgIpc) is 2.64. The summed E-state index contributed by atoms with van der Waals surface area (Å²) in [5, 5.41) is 0. The van der Waals surface area contributed by atoms with E-state index in [1.54, 1.807) is 0 Å². The fraction of sp³-hybridized carbons (Fsp3) is 0.846. The second kappa shape index (κ2) is 21.7. The maximum atomic E-state index is 5.75. The zero-order valence-corrected chi connectivity index (χ0v) is 19.3. The monoisotopic (exact) mass is 378 g/mol. The molecule has 0 atom stereocenters. The van der Waals surface area contributed by atoms with Gasteiger partial charge in [0.05, 0.1) is 6.61 Å². The molecule has 0 bridgehead atoms. The third kappa shape index (κ3) is 23.4. The van der Waals surface area contributed by atoms with Gasteiger partial charge in [-0.3, -0.25) is 0 Å². The van der Waals surface area contributed by atoms with Gasteiger partial charge >= 0.3 is 0 Å². The minimum absolute atomic E-state index is 0.791. The van der Waals surface area contributed by atoms with Crippen LogP contribution in [0.1, 0.15) is 130 Å². The molecule has 0 saturated carbocycles. The first kappa shape index (κ1) is 26.4. The third-order valence-corrected chi connectivity index (χ3v) is 5.28. The molecule has 160 valence electrons. The molecule has 0 aliphatic carbocycles. The fourth-order valence-electron chi connectivity index (χ4n) is 3.37. The molecule has 0 unspecified atom stereocenters. The van der Waals surface area contributed by atoms with Crippen LogP contribution in [0.5, 0.6) is 0 Å². The highest BCUT2D eigenvalue weighted by molar-refractivity contribution is 5.02. The molecule has 0 spiro atoms. The maximum absolute atomic E-state index is 5.75. The van der Waals surface area contributed by atoms with E-state index in [2.05, 4.69) is 39.8 Å². The number of rotatable bonds is 20. The van der Waals surface area contributed by atoms with E-state index in [0.29, 0.717) is 0 Å². The van der Waals surface area contributed by atoms with Crippen molar-refractivity contribution in [2.24, 2.45) is 0 Å². The van der Waals surface area contributed by atoms with Crippen LogP contribution in [0.4, 0.5) is 0 Å². The largest absolute Gasteiger partial charge is 0.377 e. The normalized spacial score (nSPS) is 11.8. The van der Waals surface area contributed by atoms with Crippen molar-refractivity contribution in [3.8, 4) is 0 Å². The molecular weight excluding hydrogens is 328 g/mol. The van der Waals surface area contributed by atoms with E-state index in [4.69, 9.17) is 4.74 Å². The van der Waals surface area contributed by atoms with E-state index in [-0.39, 0.29) is 0 Å². The van der Waals surface area contributed by atoms with E-state index in [1.165, 1.54) is 101 Å². The van der Waals surface area contributed by atoms with E-state index >= 15 is 0 Å². The van der Waals surface area contributed by atoms with Gasteiger partial charge in [-0.2, -0.15) is 0 Å². The van der Waals surface area contributed by atoms with Crippen LogP contribution < -0.4 is 0 Å². The molecule has 1 heteroatoms. The Kier molecular flexibility index (Phi) is 21.3. The minimum atomic E-state index is 0.791. The SMILES string of the molecule is CCCCCCCCCCCCCCCCOC/C=C(\C)CCC=C(C)C. The highest BCUT2D eigenvalue weighted by atomic mass is 16.5. The molecule has 27 heavy (non-hydrogen) atoms. The lowest BCUT2D eigenvalue weighted by Gasteiger charge is -2.04. The van der Waals surface area contributed by atoms with Crippen LogP contribution in [0.2, 0.25) is 0 Å². The summed E-state index contributed by atoms with van der Waals surface area (Å²) in [4.78, 5) is 0. The summed E-state index contributed by atoms with van der Waals surface area (Å²) < 4.78 is 5.75. The molecule has 0 amide bonds. The van der Waals surface area contributed by atoms with Gasteiger partial charge in [0.1, 0.15) is 0 Å². The molecular formula is C26H50O. The first-order chi connectivity index (χ1) is 13.2. The predicted molar refractivity (Wildman–Crippen MR) is 124 cm³/mol. The second-order valence-electron chi connectivity index (χ2n) is 8.54. The van der Waals surface area contributed by atoms with Crippen LogP contribution in [-0.4, -0.2) is 13.2 Å². The Balaban J connectivity index is 3.19. The molecule has 0 saturated heterocycles. The Labute approximate surface area is 172 Å². The number of hydrogen-bond acceptors (Lipinski definition) is 1. The van der Waals surface area contributed by atoms with Crippen molar-refractivity contribution in [2.45, 2.75) is 130 Å². The molecule has 0 aromatic heterocycles. The van der Waals surface area contributed by atoms with Crippen LogP contribution >= 0.6 is 0 Å². The molecule has 0 radical (unpaired) electrons. The fourth-order valence-corrected chi connectivity index (χ4v) is 3.37. The second-order valence-corrected chi connectivity index (χ2v) is 8.54. The molecule has 0 aliphatic heterocycles. The topological polar surface area (TPSA) is 9.23 Å². The summed E-state index contributed by atoms with van der Waals surface area (Å²) in [5.41, 5.74) is 2.87. The molecule has 0 heterocycles. The molecule has 0 N–H and O–H groups in total. The summed E-state index contributed by atoms with van der Waals surface area (Å²) in [6.45, 7) is 10.6. The van der Waals surface area contributed by atoms with Gasteiger partial charge in [0, 0.05) is 6.61 Å². The Bertz CT molecular complexity index is 349. The van der Waals surface area contributed by atoms with Gasteiger partial charge in [0.2, 0.25) is 0 Å². The smallest absolute Gasteiger partial charge is 0.0649 e. The number of hydrogen-bond donors (Lipinski definition) is 0. The molecule has 0 rings (SSSR count). The van der Waals surface area contributed by atoms with Crippen molar-refractivity contribution in [1.82, 2.24) is 0 Å². The predicted octanol–water partition coefficient (Wildman–Crippen LogP) is 9.18. The lowest BCUT2D eigenvalue weighted by atomic mass is 10.0. The quantitative estimate of drug-likeness (QED) is 0.151. The van der Waals surface area contributed by atoms with E-state index in [9.17, 15) is 0 Å². The van der Waals surface area contributed by atoms with Gasteiger partial charge in [-0.05, 0) is 40.0 Å². The lowest BCUT2D eigenvalue weighted by molar-refractivity contribution is 0.156. The molecule has 0 fully saturated rings. The summed E-state index contributed by atoms with van der Waals surface area (Å²) in [6.07, 6.45) is 26.7. The van der Waals surface area contributed by atoms with Crippen molar-refractivity contribution < 1.29 is 4.74 Å². The first-order valence-electron chi connectivity index (χ1n) is 12.0. The number of ether oxygens (including phenoxy) is 1. The average molecular weight is 379 g/mol. The van der Waals surface area contributed by atoms with Gasteiger partial charge in [0.25, 0.3) is 0 Å². The van der Waals surface area contributed by atoms with Gasteiger partial charge < -0.3 is 4.74 Å².